The number of hydrogen-bond acceptors (Lipinski definition) is 4. The summed E-state index contributed by atoms with van der Waals surface area (Å²) in [6.45, 7) is 5.68. The van der Waals surface area contributed by atoms with Crippen LogP contribution in [0.4, 0.5) is 0 Å². The Morgan fingerprint density at radius 1 is 1.41 bits per heavy atom. The molecule has 1 atom stereocenters. The molecule has 1 heterocycles. The van der Waals surface area contributed by atoms with E-state index in [1.165, 1.54) is 12.8 Å². The fraction of sp³-hybridized carbons (Fsp3) is 1.00. The quantitative estimate of drug-likeness (QED) is 0.653. The van der Waals surface area contributed by atoms with Gasteiger partial charge in [-0.15, -0.1) is 0 Å². The van der Waals surface area contributed by atoms with Gasteiger partial charge >= 0.3 is 0 Å². The van der Waals surface area contributed by atoms with Crippen molar-refractivity contribution in [3.8, 4) is 0 Å². The van der Waals surface area contributed by atoms with Gasteiger partial charge in [-0.1, -0.05) is 13.3 Å². The molecule has 0 aliphatic carbocycles. The van der Waals surface area contributed by atoms with Gasteiger partial charge in [-0.05, 0) is 32.4 Å². The van der Waals surface area contributed by atoms with Crippen molar-refractivity contribution in [3.63, 3.8) is 0 Å². The van der Waals surface area contributed by atoms with Gasteiger partial charge in [0.1, 0.15) is 0 Å². The number of primary sulfonamides is 1. The topological polar surface area (TPSA) is 75.4 Å². The van der Waals surface area contributed by atoms with E-state index in [2.05, 4.69) is 17.1 Å². The monoisotopic (exact) mass is 263 g/mol. The van der Waals surface area contributed by atoms with Gasteiger partial charge in [-0.2, -0.15) is 0 Å². The summed E-state index contributed by atoms with van der Waals surface area (Å²) in [7, 11) is -3.34. The Morgan fingerprint density at radius 2 is 2.18 bits per heavy atom. The van der Waals surface area contributed by atoms with Gasteiger partial charge in [-0.25, -0.2) is 13.6 Å². The van der Waals surface area contributed by atoms with Crippen LogP contribution in [0.2, 0.25) is 0 Å². The van der Waals surface area contributed by atoms with Crippen molar-refractivity contribution >= 4 is 10.0 Å². The number of unbranched alkanes of at least 4 members (excludes halogenated alkanes) is 1. The number of rotatable bonds is 8. The largest absolute Gasteiger partial charge is 0.313 e. The summed E-state index contributed by atoms with van der Waals surface area (Å²) in [5.41, 5.74) is 0. The normalized spacial score (nSPS) is 21.2. The van der Waals surface area contributed by atoms with E-state index in [1.807, 2.05) is 0 Å². The summed E-state index contributed by atoms with van der Waals surface area (Å²) >= 11 is 0. The molecule has 1 rings (SSSR count). The molecule has 6 heteroatoms. The molecule has 1 fully saturated rings. The summed E-state index contributed by atoms with van der Waals surface area (Å²) in [6.07, 6.45) is 4.65. The van der Waals surface area contributed by atoms with Gasteiger partial charge in [0.15, 0.2) is 0 Å². The maximum absolute atomic E-state index is 11.0. The Labute approximate surface area is 105 Å². The maximum Gasteiger partial charge on any atom is 0.210 e. The van der Waals surface area contributed by atoms with Crippen LogP contribution in [-0.4, -0.2) is 51.3 Å². The first-order valence-electron chi connectivity index (χ1n) is 6.47. The second-order valence-corrected chi connectivity index (χ2v) is 6.55. The highest BCUT2D eigenvalue weighted by Gasteiger charge is 2.18. The van der Waals surface area contributed by atoms with Crippen LogP contribution in [0.3, 0.4) is 0 Å². The van der Waals surface area contributed by atoms with Crippen molar-refractivity contribution in [2.75, 3.05) is 31.9 Å². The fourth-order valence-electron chi connectivity index (χ4n) is 2.16. The Hall–Kier alpha value is -0.170. The molecule has 0 radical (unpaired) electrons. The molecule has 0 spiro atoms. The molecule has 1 unspecified atom stereocenters. The second kappa shape index (κ2) is 7.31. The molecule has 1 aliphatic heterocycles. The van der Waals surface area contributed by atoms with Gasteiger partial charge < -0.3 is 10.2 Å². The molecule has 1 aliphatic rings. The predicted octanol–water partition coefficient (Wildman–Crippen LogP) is 0.129. The van der Waals surface area contributed by atoms with Crippen molar-refractivity contribution in [3.05, 3.63) is 0 Å². The van der Waals surface area contributed by atoms with Crippen LogP contribution < -0.4 is 10.5 Å². The van der Waals surface area contributed by atoms with E-state index in [-0.39, 0.29) is 5.75 Å². The lowest BCUT2D eigenvalue weighted by Gasteiger charge is -2.25. The average molecular weight is 263 g/mol. The van der Waals surface area contributed by atoms with E-state index >= 15 is 0 Å². The zero-order chi connectivity index (χ0) is 12.7. The first-order valence-corrected chi connectivity index (χ1v) is 8.19. The molecular weight excluding hydrogens is 238 g/mol. The van der Waals surface area contributed by atoms with Crippen LogP contribution in [0.5, 0.6) is 0 Å². The number of nitrogens with two attached hydrogens (primary N) is 1. The number of nitrogens with zero attached hydrogens (tertiary/aromatic N) is 1. The van der Waals surface area contributed by atoms with E-state index in [9.17, 15) is 8.42 Å². The minimum atomic E-state index is -3.34. The lowest BCUT2D eigenvalue weighted by atomic mass is 10.2. The molecule has 0 bridgehead atoms. The maximum atomic E-state index is 11.0. The molecule has 0 aromatic heterocycles. The number of hydrogen-bond donors (Lipinski definition) is 2. The van der Waals surface area contributed by atoms with E-state index < -0.39 is 10.0 Å². The predicted molar refractivity (Wildman–Crippen MR) is 70.3 cm³/mol. The van der Waals surface area contributed by atoms with Crippen LogP contribution in [0, 0.1) is 0 Å². The Morgan fingerprint density at radius 3 is 2.71 bits per heavy atom. The van der Waals surface area contributed by atoms with Crippen molar-refractivity contribution in [1.82, 2.24) is 10.2 Å². The molecule has 102 valence electrons. The second-order valence-electron chi connectivity index (χ2n) is 4.81. The third-order valence-corrected chi connectivity index (χ3v) is 3.91. The summed E-state index contributed by atoms with van der Waals surface area (Å²) in [4.78, 5) is 2.22. The smallest absolute Gasteiger partial charge is 0.210 e. The molecule has 0 aromatic rings. The molecule has 5 nitrogen and oxygen atoms in total. The molecule has 0 amide bonds. The summed E-state index contributed by atoms with van der Waals surface area (Å²) in [5.74, 6) is 0.0590. The van der Waals surface area contributed by atoms with Gasteiger partial charge in [0.05, 0.1) is 5.75 Å². The van der Waals surface area contributed by atoms with Crippen LogP contribution in [0.25, 0.3) is 0 Å². The zero-order valence-electron chi connectivity index (χ0n) is 10.7. The fourth-order valence-corrected chi connectivity index (χ4v) is 2.67. The van der Waals surface area contributed by atoms with Crippen LogP contribution in [0.1, 0.15) is 32.6 Å². The molecular formula is C11H25N3O2S. The lowest BCUT2D eigenvalue weighted by molar-refractivity contribution is 0.258. The lowest BCUT2D eigenvalue weighted by Crippen LogP contribution is -2.41. The number of sulfonamides is 1. The highest BCUT2D eigenvalue weighted by atomic mass is 32.2. The van der Waals surface area contributed by atoms with Gasteiger partial charge in [0.25, 0.3) is 0 Å². The van der Waals surface area contributed by atoms with Crippen molar-refractivity contribution in [1.29, 1.82) is 0 Å². The Kier molecular flexibility index (Phi) is 6.40. The van der Waals surface area contributed by atoms with E-state index in [1.54, 1.807) is 0 Å². The minimum absolute atomic E-state index is 0.0590. The minimum Gasteiger partial charge on any atom is -0.313 e. The summed E-state index contributed by atoms with van der Waals surface area (Å²) in [5, 5.41) is 8.49. The summed E-state index contributed by atoms with van der Waals surface area (Å²) in [6, 6.07) is 0.521. The highest BCUT2D eigenvalue weighted by molar-refractivity contribution is 7.89. The molecule has 3 N–H and O–H groups in total. The van der Waals surface area contributed by atoms with Crippen molar-refractivity contribution in [2.24, 2.45) is 5.14 Å². The van der Waals surface area contributed by atoms with Crippen LogP contribution in [0.15, 0.2) is 0 Å². The van der Waals surface area contributed by atoms with E-state index in [0.717, 1.165) is 32.5 Å². The highest BCUT2D eigenvalue weighted by Crippen LogP contribution is 2.07. The zero-order valence-corrected chi connectivity index (χ0v) is 11.5. The average Bonchev–Trinajstić information content (AvgIpc) is 2.73. The first kappa shape index (κ1) is 14.9. The number of nitrogens with one attached hydrogen (secondary N) is 1. The standard InChI is InChI=1S/C11H25N3O2S/c1-2-3-7-14(8-9-17(12,15)16)10-11-5-4-6-13-11/h11,13H,2-10H2,1H3,(H2,12,15,16). The van der Waals surface area contributed by atoms with Crippen molar-refractivity contribution < 1.29 is 8.42 Å². The van der Waals surface area contributed by atoms with Gasteiger partial charge in [-0.3, -0.25) is 0 Å². The molecule has 0 aromatic carbocycles. The van der Waals surface area contributed by atoms with Crippen molar-refractivity contribution in [2.45, 2.75) is 38.6 Å². The van der Waals surface area contributed by atoms with E-state index in [0.29, 0.717) is 12.6 Å². The third kappa shape index (κ3) is 6.98. The molecule has 17 heavy (non-hydrogen) atoms. The third-order valence-electron chi connectivity index (χ3n) is 3.16. The SMILES string of the molecule is CCCCN(CCS(N)(=O)=O)CC1CCCN1. The first-order chi connectivity index (χ1) is 8.01. The summed E-state index contributed by atoms with van der Waals surface area (Å²) < 4.78 is 22.0. The van der Waals surface area contributed by atoms with E-state index in [4.69, 9.17) is 5.14 Å². The molecule has 1 saturated heterocycles. The Bertz CT molecular complexity index is 300. The van der Waals surface area contributed by atoms with Crippen LogP contribution >= 0.6 is 0 Å². The Balaban J connectivity index is 2.35. The van der Waals surface area contributed by atoms with Gasteiger partial charge in [0, 0.05) is 19.1 Å². The van der Waals surface area contributed by atoms with Gasteiger partial charge in [0.2, 0.25) is 10.0 Å². The van der Waals surface area contributed by atoms with Crippen LogP contribution in [-0.2, 0) is 10.0 Å². The molecule has 0 saturated carbocycles.